The van der Waals surface area contributed by atoms with Crippen molar-refractivity contribution in [2.24, 2.45) is 0 Å². The van der Waals surface area contributed by atoms with E-state index in [4.69, 9.17) is 9.47 Å². The second kappa shape index (κ2) is 5.67. The fourth-order valence-electron chi connectivity index (χ4n) is 1.20. The second-order valence-corrected chi connectivity index (χ2v) is 3.93. The van der Waals surface area contributed by atoms with Crippen molar-refractivity contribution in [3.05, 3.63) is 22.2 Å². The lowest BCUT2D eigenvalue weighted by Gasteiger charge is -2.11. The average molecular weight is 303 g/mol. The van der Waals surface area contributed by atoms with Gasteiger partial charge in [-0.3, -0.25) is 4.79 Å². The molecule has 0 spiro atoms. The van der Waals surface area contributed by atoms with Crippen LogP contribution in [-0.2, 0) is 9.53 Å². The van der Waals surface area contributed by atoms with Gasteiger partial charge in [0.2, 0.25) is 0 Å². The molecule has 0 heterocycles. The molecule has 0 N–H and O–H groups in total. The first-order valence-corrected chi connectivity index (χ1v) is 5.43. The fraction of sp³-hybridized carbons (Fsp3) is 0.273. The van der Waals surface area contributed by atoms with Crippen molar-refractivity contribution in [2.75, 3.05) is 14.2 Å². The number of rotatable bonds is 3. The number of hydrogen-bond donors (Lipinski definition) is 0. The summed E-state index contributed by atoms with van der Waals surface area (Å²) >= 11 is 3.20. The van der Waals surface area contributed by atoms with Crippen molar-refractivity contribution in [3.63, 3.8) is 0 Å². The summed E-state index contributed by atoms with van der Waals surface area (Å²) < 4.78 is 15.0. The predicted octanol–water partition coefficient (Wildman–Crippen LogP) is 2.17. The molecule has 0 atom stereocenters. The Morgan fingerprint density at radius 3 is 2.35 bits per heavy atom. The van der Waals surface area contributed by atoms with Gasteiger partial charge in [-0.15, -0.1) is 0 Å². The zero-order valence-electron chi connectivity index (χ0n) is 9.57. The summed E-state index contributed by atoms with van der Waals surface area (Å²) in [5, 5.41) is 0. The Hall–Kier alpha value is -1.56. The van der Waals surface area contributed by atoms with Crippen LogP contribution in [0.25, 0.3) is 0 Å². The summed E-state index contributed by atoms with van der Waals surface area (Å²) in [6.07, 6.45) is 0. The van der Waals surface area contributed by atoms with Gasteiger partial charge >= 0.3 is 11.9 Å². The lowest BCUT2D eigenvalue weighted by Crippen LogP contribution is -2.06. The van der Waals surface area contributed by atoms with Gasteiger partial charge in [0.05, 0.1) is 24.3 Å². The minimum absolute atomic E-state index is 0.229. The molecule has 17 heavy (non-hydrogen) atoms. The molecule has 6 heteroatoms. The molecule has 0 fully saturated rings. The van der Waals surface area contributed by atoms with Gasteiger partial charge in [-0.05, 0) is 28.1 Å². The molecule has 0 bridgehead atoms. The predicted molar refractivity (Wildman–Crippen MR) is 63.3 cm³/mol. The van der Waals surface area contributed by atoms with Gasteiger partial charge < -0.3 is 14.2 Å². The van der Waals surface area contributed by atoms with E-state index in [1.807, 2.05) is 0 Å². The molecule has 0 aliphatic carbocycles. The number of ether oxygens (including phenoxy) is 3. The van der Waals surface area contributed by atoms with Crippen LogP contribution in [0.3, 0.4) is 0 Å². The van der Waals surface area contributed by atoms with E-state index in [-0.39, 0.29) is 11.5 Å². The highest BCUT2D eigenvalue weighted by molar-refractivity contribution is 9.10. The van der Waals surface area contributed by atoms with E-state index in [0.717, 1.165) is 0 Å². The third kappa shape index (κ3) is 3.20. The summed E-state index contributed by atoms with van der Waals surface area (Å²) in [7, 11) is 2.69. The summed E-state index contributed by atoms with van der Waals surface area (Å²) in [6.45, 7) is 1.28. The van der Waals surface area contributed by atoms with E-state index in [9.17, 15) is 9.59 Å². The van der Waals surface area contributed by atoms with Crippen molar-refractivity contribution in [2.45, 2.75) is 6.92 Å². The molecular formula is C11H11BrO5. The van der Waals surface area contributed by atoms with Crippen LogP contribution in [0.15, 0.2) is 16.6 Å². The first kappa shape index (κ1) is 13.5. The van der Waals surface area contributed by atoms with Crippen molar-refractivity contribution in [1.82, 2.24) is 0 Å². The molecule has 0 aliphatic heterocycles. The van der Waals surface area contributed by atoms with Crippen LogP contribution < -0.4 is 9.47 Å². The van der Waals surface area contributed by atoms with E-state index >= 15 is 0 Å². The van der Waals surface area contributed by atoms with Crippen LogP contribution in [0.4, 0.5) is 0 Å². The molecule has 0 saturated heterocycles. The first-order valence-electron chi connectivity index (χ1n) is 4.63. The van der Waals surface area contributed by atoms with Crippen molar-refractivity contribution < 1.29 is 23.8 Å². The number of benzene rings is 1. The van der Waals surface area contributed by atoms with Crippen molar-refractivity contribution in [3.8, 4) is 11.5 Å². The summed E-state index contributed by atoms with van der Waals surface area (Å²) in [6, 6.07) is 2.93. The standard InChI is InChI=1S/C11H11BrO5/c1-6(13)17-10-8(12)4-7(11(14)16-3)5-9(10)15-2/h4-5H,1-3H3. The van der Waals surface area contributed by atoms with Crippen LogP contribution in [-0.4, -0.2) is 26.2 Å². The van der Waals surface area contributed by atoms with Gasteiger partial charge in [0, 0.05) is 6.92 Å². The Morgan fingerprint density at radius 2 is 1.88 bits per heavy atom. The number of hydrogen-bond acceptors (Lipinski definition) is 5. The first-order chi connectivity index (χ1) is 7.99. The molecule has 1 rings (SSSR count). The Bertz CT molecular complexity index is 455. The fourth-order valence-corrected chi connectivity index (χ4v) is 1.72. The molecule has 0 saturated carbocycles. The third-order valence-electron chi connectivity index (χ3n) is 1.90. The maximum absolute atomic E-state index is 11.4. The number of carbonyl (C=O) groups excluding carboxylic acids is 2. The van der Waals surface area contributed by atoms with E-state index < -0.39 is 11.9 Å². The Morgan fingerprint density at radius 1 is 1.24 bits per heavy atom. The Labute approximate surface area is 107 Å². The van der Waals surface area contributed by atoms with Gasteiger partial charge in [0.25, 0.3) is 0 Å². The summed E-state index contributed by atoms with van der Waals surface area (Å²) in [4.78, 5) is 22.3. The lowest BCUT2D eigenvalue weighted by molar-refractivity contribution is -0.132. The quantitative estimate of drug-likeness (QED) is 0.632. The van der Waals surface area contributed by atoms with Crippen LogP contribution in [0.1, 0.15) is 17.3 Å². The zero-order chi connectivity index (χ0) is 13.0. The van der Waals surface area contributed by atoms with Gasteiger partial charge in [0.15, 0.2) is 11.5 Å². The van der Waals surface area contributed by atoms with Crippen LogP contribution >= 0.6 is 15.9 Å². The zero-order valence-corrected chi connectivity index (χ0v) is 11.2. The second-order valence-electron chi connectivity index (χ2n) is 3.07. The molecule has 0 amide bonds. The maximum atomic E-state index is 11.4. The van der Waals surface area contributed by atoms with Crippen LogP contribution in [0.2, 0.25) is 0 Å². The van der Waals surface area contributed by atoms with E-state index in [1.54, 1.807) is 0 Å². The van der Waals surface area contributed by atoms with Gasteiger partial charge in [0.1, 0.15) is 0 Å². The van der Waals surface area contributed by atoms with Gasteiger partial charge in [-0.1, -0.05) is 0 Å². The SMILES string of the molecule is COC(=O)c1cc(Br)c(OC(C)=O)c(OC)c1. The molecule has 0 aliphatic rings. The Kier molecular flexibility index (Phi) is 4.51. The summed E-state index contributed by atoms with van der Waals surface area (Å²) in [5.41, 5.74) is 0.298. The number of carbonyl (C=O) groups is 2. The molecular weight excluding hydrogens is 292 g/mol. The highest BCUT2D eigenvalue weighted by Gasteiger charge is 2.17. The minimum atomic E-state index is -0.502. The molecule has 5 nitrogen and oxygen atoms in total. The maximum Gasteiger partial charge on any atom is 0.338 e. The highest BCUT2D eigenvalue weighted by Crippen LogP contribution is 2.36. The Balaban J connectivity index is 3.25. The van der Waals surface area contributed by atoms with E-state index in [1.165, 1.54) is 33.3 Å². The van der Waals surface area contributed by atoms with Gasteiger partial charge in [-0.2, -0.15) is 0 Å². The highest BCUT2D eigenvalue weighted by atomic mass is 79.9. The minimum Gasteiger partial charge on any atom is -0.493 e. The summed E-state index contributed by atoms with van der Waals surface area (Å²) in [5.74, 6) is -0.476. The molecule has 92 valence electrons. The smallest absolute Gasteiger partial charge is 0.338 e. The average Bonchev–Trinajstić information content (AvgIpc) is 2.29. The number of halogens is 1. The molecule has 0 unspecified atom stereocenters. The van der Waals surface area contributed by atoms with Crippen LogP contribution in [0, 0.1) is 0 Å². The van der Waals surface area contributed by atoms with E-state index in [2.05, 4.69) is 20.7 Å². The molecule has 1 aromatic rings. The molecule has 0 radical (unpaired) electrons. The van der Waals surface area contributed by atoms with E-state index in [0.29, 0.717) is 10.0 Å². The largest absolute Gasteiger partial charge is 0.493 e. The monoisotopic (exact) mass is 302 g/mol. The molecule has 1 aromatic carbocycles. The third-order valence-corrected chi connectivity index (χ3v) is 2.49. The number of esters is 2. The molecule has 0 aromatic heterocycles. The van der Waals surface area contributed by atoms with Crippen LogP contribution in [0.5, 0.6) is 11.5 Å². The van der Waals surface area contributed by atoms with Crippen molar-refractivity contribution in [1.29, 1.82) is 0 Å². The normalized spacial score (nSPS) is 9.65. The van der Waals surface area contributed by atoms with Gasteiger partial charge in [-0.25, -0.2) is 4.79 Å². The van der Waals surface area contributed by atoms with Crippen molar-refractivity contribution >= 4 is 27.9 Å². The lowest BCUT2D eigenvalue weighted by atomic mass is 10.2. The number of methoxy groups -OCH3 is 2. The topological polar surface area (TPSA) is 61.8 Å².